The van der Waals surface area contributed by atoms with Gasteiger partial charge in [-0.15, -0.1) is 35.3 Å². The third-order valence-electron chi connectivity index (χ3n) is 3.30. The number of hydrogen-bond donors (Lipinski definition) is 2. The van der Waals surface area contributed by atoms with E-state index in [1.807, 2.05) is 31.2 Å². The topological polar surface area (TPSA) is 54.9 Å². The van der Waals surface area contributed by atoms with Gasteiger partial charge in [0.05, 0.1) is 31.1 Å². The molecule has 0 aliphatic heterocycles. The molecule has 0 aliphatic rings. The van der Waals surface area contributed by atoms with Crippen molar-refractivity contribution in [3.63, 3.8) is 0 Å². The number of ether oxygens (including phenoxy) is 2. The minimum atomic E-state index is 0. The molecule has 1 aromatic heterocycles. The van der Waals surface area contributed by atoms with Crippen LogP contribution in [0.2, 0.25) is 0 Å². The van der Waals surface area contributed by atoms with Gasteiger partial charge in [-0.3, -0.25) is 0 Å². The third-order valence-corrected chi connectivity index (χ3v) is 4.93. The fourth-order valence-corrected chi connectivity index (χ4v) is 3.53. The van der Waals surface area contributed by atoms with Gasteiger partial charge in [0.25, 0.3) is 0 Å². The summed E-state index contributed by atoms with van der Waals surface area (Å²) in [4.78, 5) is 5.88. The number of guanidine groups is 1. The second-order valence-electron chi connectivity index (χ2n) is 4.93. The van der Waals surface area contributed by atoms with Gasteiger partial charge >= 0.3 is 0 Å². The smallest absolute Gasteiger partial charge is 0.191 e. The van der Waals surface area contributed by atoms with Crippen LogP contribution in [0.25, 0.3) is 0 Å². The van der Waals surface area contributed by atoms with E-state index in [0.29, 0.717) is 6.54 Å². The highest BCUT2D eigenvalue weighted by Crippen LogP contribution is 2.25. The van der Waals surface area contributed by atoms with Gasteiger partial charge in [0.1, 0.15) is 11.5 Å². The summed E-state index contributed by atoms with van der Waals surface area (Å²) in [6.07, 6.45) is 0. The van der Waals surface area contributed by atoms with Crippen LogP contribution < -0.4 is 20.1 Å². The van der Waals surface area contributed by atoms with E-state index in [9.17, 15) is 0 Å². The predicted octanol–water partition coefficient (Wildman–Crippen LogP) is 4.40. The average molecular weight is 540 g/mol. The molecule has 2 aromatic rings. The molecule has 1 aromatic carbocycles. The van der Waals surface area contributed by atoms with Gasteiger partial charge in [0, 0.05) is 23.1 Å². The molecule has 0 spiro atoms. The first-order valence-electron chi connectivity index (χ1n) is 7.63. The summed E-state index contributed by atoms with van der Waals surface area (Å²) in [5.41, 5.74) is 1.01. The Morgan fingerprint density at radius 3 is 2.56 bits per heavy atom. The van der Waals surface area contributed by atoms with Crippen LogP contribution in [0.1, 0.15) is 17.4 Å². The molecule has 2 rings (SSSR count). The quantitative estimate of drug-likeness (QED) is 0.311. The summed E-state index contributed by atoms with van der Waals surface area (Å²) in [6, 6.07) is 9.90. The number of nitrogens with one attached hydrogen (secondary N) is 2. The second-order valence-corrected chi connectivity index (χ2v) is 7.48. The molecular weight excluding hydrogens is 517 g/mol. The maximum absolute atomic E-state index is 5.42. The number of rotatable bonds is 7. The summed E-state index contributed by atoms with van der Waals surface area (Å²) in [7, 11) is 3.29. The van der Waals surface area contributed by atoms with Crippen molar-refractivity contribution in [1.29, 1.82) is 0 Å². The van der Waals surface area contributed by atoms with Gasteiger partial charge in [0.15, 0.2) is 5.96 Å². The van der Waals surface area contributed by atoms with Gasteiger partial charge in [0.2, 0.25) is 0 Å². The van der Waals surface area contributed by atoms with Gasteiger partial charge in [-0.25, -0.2) is 4.99 Å². The van der Waals surface area contributed by atoms with E-state index in [2.05, 4.69) is 37.6 Å². The summed E-state index contributed by atoms with van der Waals surface area (Å²) in [5.74, 6) is 2.32. The van der Waals surface area contributed by atoms with E-state index >= 15 is 0 Å². The van der Waals surface area contributed by atoms with Crippen LogP contribution in [0.4, 0.5) is 0 Å². The minimum Gasteiger partial charge on any atom is -0.497 e. The fourth-order valence-electron chi connectivity index (χ4n) is 2.11. The van der Waals surface area contributed by atoms with E-state index < -0.39 is 0 Å². The van der Waals surface area contributed by atoms with Crippen LogP contribution in [-0.2, 0) is 13.1 Å². The average Bonchev–Trinajstić information content (AvgIpc) is 3.02. The Hall–Kier alpha value is -1.000. The Kier molecular flexibility index (Phi) is 10.2. The maximum Gasteiger partial charge on any atom is 0.191 e. The summed E-state index contributed by atoms with van der Waals surface area (Å²) >= 11 is 5.19. The normalized spacial score (nSPS) is 10.8. The van der Waals surface area contributed by atoms with Gasteiger partial charge in [-0.1, -0.05) is 0 Å². The number of halogens is 2. The van der Waals surface area contributed by atoms with Crippen molar-refractivity contribution in [2.75, 3.05) is 20.8 Å². The number of hydrogen-bond acceptors (Lipinski definition) is 4. The van der Waals surface area contributed by atoms with E-state index in [-0.39, 0.29) is 24.0 Å². The molecule has 2 N–H and O–H groups in total. The number of methoxy groups -OCH3 is 2. The van der Waals surface area contributed by atoms with Crippen LogP contribution >= 0.6 is 51.2 Å². The lowest BCUT2D eigenvalue weighted by molar-refractivity contribution is 0.391. The minimum absolute atomic E-state index is 0. The maximum atomic E-state index is 5.42. The highest BCUT2D eigenvalue weighted by Gasteiger charge is 2.06. The number of aliphatic imine (C=N–C) groups is 1. The Morgan fingerprint density at radius 2 is 1.96 bits per heavy atom. The Balaban J connectivity index is 0.00000312. The molecule has 0 saturated heterocycles. The molecule has 0 atom stereocenters. The summed E-state index contributed by atoms with van der Waals surface area (Å²) in [6.45, 7) is 4.12. The molecular formula is C17H23BrIN3O2S. The number of nitrogens with zero attached hydrogens (tertiary/aromatic N) is 1. The van der Waals surface area contributed by atoms with E-state index in [4.69, 9.17) is 9.47 Å². The highest BCUT2D eigenvalue weighted by molar-refractivity contribution is 14.0. The number of benzene rings is 1. The lowest BCUT2D eigenvalue weighted by Crippen LogP contribution is -2.36. The van der Waals surface area contributed by atoms with Crippen LogP contribution in [0.3, 0.4) is 0 Å². The Morgan fingerprint density at radius 1 is 1.16 bits per heavy atom. The van der Waals surface area contributed by atoms with Crippen LogP contribution in [0.15, 0.2) is 39.1 Å². The second kappa shape index (κ2) is 11.6. The first-order chi connectivity index (χ1) is 11.7. The lowest BCUT2D eigenvalue weighted by Gasteiger charge is -2.12. The van der Waals surface area contributed by atoms with E-state index in [0.717, 1.165) is 39.9 Å². The van der Waals surface area contributed by atoms with Gasteiger partial charge < -0.3 is 20.1 Å². The van der Waals surface area contributed by atoms with Crippen molar-refractivity contribution in [3.8, 4) is 11.5 Å². The Labute approximate surface area is 178 Å². The lowest BCUT2D eigenvalue weighted by atomic mass is 10.2. The van der Waals surface area contributed by atoms with E-state index in [1.54, 1.807) is 25.6 Å². The molecule has 0 fully saturated rings. The van der Waals surface area contributed by atoms with Crippen molar-refractivity contribution in [1.82, 2.24) is 10.6 Å². The first-order valence-corrected chi connectivity index (χ1v) is 9.24. The zero-order chi connectivity index (χ0) is 17.4. The molecule has 0 amide bonds. The molecule has 0 unspecified atom stereocenters. The zero-order valence-corrected chi connectivity index (χ0v) is 19.2. The zero-order valence-electron chi connectivity index (χ0n) is 14.5. The third kappa shape index (κ3) is 7.02. The predicted molar refractivity (Wildman–Crippen MR) is 119 cm³/mol. The summed E-state index contributed by atoms with van der Waals surface area (Å²) < 4.78 is 11.8. The van der Waals surface area contributed by atoms with Crippen molar-refractivity contribution >= 4 is 57.2 Å². The highest BCUT2D eigenvalue weighted by atomic mass is 127. The van der Waals surface area contributed by atoms with Crippen molar-refractivity contribution in [2.24, 2.45) is 4.99 Å². The molecule has 5 nitrogen and oxygen atoms in total. The van der Waals surface area contributed by atoms with E-state index in [1.165, 1.54) is 4.88 Å². The molecule has 138 valence electrons. The molecule has 25 heavy (non-hydrogen) atoms. The molecule has 0 saturated carbocycles. The van der Waals surface area contributed by atoms with Gasteiger partial charge in [-0.05, 0) is 47.1 Å². The molecule has 1 heterocycles. The van der Waals surface area contributed by atoms with Crippen LogP contribution in [0.5, 0.6) is 11.5 Å². The SMILES string of the molecule is CCNC(=NCc1ccc(OC)cc1OC)NCc1ccc(Br)s1.I. The van der Waals surface area contributed by atoms with Crippen LogP contribution in [0, 0.1) is 0 Å². The monoisotopic (exact) mass is 539 g/mol. The van der Waals surface area contributed by atoms with Crippen molar-refractivity contribution < 1.29 is 9.47 Å². The molecule has 0 radical (unpaired) electrons. The molecule has 0 bridgehead atoms. The largest absolute Gasteiger partial charge is 0.497 e. The van der Waals surface area contributed by atoms with Crippen LogP contribution in [-0.4, -0.2) is 26.7 Å². The fraction of sp³-hybridized carbons (Fsp3) is 0.353. The standard InChI is InChI=1S/C17H22BrN3O2S.HI/c1-4-19-17(21-11-14-7-8-16(18)24-14)20-10-12-5-6-13(22-2)9-15(12)23-3;/h5-9H,4,10-11H2,1-3H3,(H2,19,20,21);1H. The molecule has 8 heteroatoms. The summed E-state index contributed by atoms with van der Waals surface area (Å²) in [5, 5.41) is 6.60. The van der Waals surface area contributed by atoms with Crippen molar-refractivity contribution in [2.45, 2.75) is 20.0 Å². The first kappa shape index (κ1) is 22.0. The van der Waals surface area contributed by atoms with Crippen molar-refractivity contribution in [3.05, 3.63) is 44.6 Å². The molecule has 0 aliphatic carbocycles. The van der Waals surface area contributed by atoms with Gasteiger partial charge in [-0.2, -0.15) is 0 Å². The number of thiophene rings is 1. The Bertz CT molecular complexity index is 694.